The van der Waals surface area contributed by atoms with Crippen molar-refractivity contribution in [2.45, 2.75) is 51.0 Å². The smallest absolute Gasteiger partial charge is 0.162 e. The van der Waals surface area contributed by atoms with Gasteiger partial charge in [-0.05, 0) is 25.7 Å². The predicted molar refractivity (Wildman–Crippen MR) is 72.8 cm³/mol. The summed E-state index contributed by atoms with van der Waals surface area (Å²) in [5.41, 5.74) is 0.844. The molecule has 2 heteroatoms. The molecule has 0 spiro atoms. The molecule has 0 bridgehead atoms. The van der Waals surface area contributed by atoms with Crippen molar-refractivity contribution in [1.29, 1.82) is 0 Å². The number of carbonyl (C=O) groups excluding carboxylic acids is 1. The third-order valence-electron chi connectivity index (χ3n) is 3.55. The van der Waals surface area contributed by atoms with Crippen molar-refractivity contribution in [3.05, 3.63) is 35.9 Å². The molecule has 1 aromatic rings. The van der Waals surface area contributed by atoms with E-state index in [-0.39, 0.29) is 5.78 Å². The zero-order valence-corrected chi connectivity index (χ0v) is 10.9. The Morgan fingerprint density at radius 2 is 2.00 bits per heavy atom. The lowest BCUT2D eigenvalue weighted by Crippen LogP contribution is -2.04. The van der Waals surface area contributed by atoms with Crippen molar-refractivity contribution in [3.8, 4) is 0 Å². The van der Waals surface area contributed by atoms with E-state index in [1.165, 1.54) is 25.7 Å². The van der Waals surface area contributed by atoms with Crippen LogP contribution in [0.1, 0.15) is 55.3 Å². The number of ether oxygens (including phenoxy) is 1. The number of rotatable bonds is 7. The molecule has 1 heterocycles. The van der Waals surface area contributed by atoms with E-state index in [1.807, 2.05) is 30.3 Å². The van der Waals surface area contributed by atoms with Crippen LogP contribution in [0, 0.1) is 0 Å². The standard InChI is InChI=1S/C16H22O2/c17-16(14-8-3-1-4-9-14)12-6-2-5-10-15-11-7-13-18-15/h1,3-4,8-9,15H,2,5-7,10-13H2. The molecule has 1 saturated heterocycles. The maximum atomic E-state index is 11.8. The van der Waals surface area contributed by atoms with Crippen LogP contribution in [0.3, 0.4) is 0 Å². The topological polar surface area (TPSA) is 26.3 Å². The molecule has 1 atom stereocenters. The fourth-order valence-electron chi connectivity index (χ4n) is 2.47. The summed E-state index contributed by atoms with van der Waals surface area (Å²) >= 11 is 0. The van der Waals surface area contributed by atoms with Gasteiger partial charge >= 0.3 is 0 Å². The van der Waals surface area contributed by atoms with Crippen molar-refractivity contribution in [2.24, 2.45) is 0 Å². The van der Waals surface area contributed by atoms with Crippen LogP contribution < -0.4 is 0 Å². The number of hydrogen-bond donors (Lipinski definition) is 0. The van der Waals surface area contributed by atoms with Gasteiger partial charge in [0.1, 0.15) is 0 Å². The molecular formula is C16H22O2. The maximum Gasteiger partial charge on any atom is 0.162 e. The van der Waals surface area contributed by atoms with Crippen LogP contribution in [-0.2, 0) is 4.74 Å². The summed E-state index contributed by atoms with van der Waals surface area (Å²) in [5, 5.41) is 0. The van der Waals surface area contributed by atoms with Crippen LogP contribution in [-0.4, -0.2) is 18.5 Å². The third-order valence-corrected chi connectivity index (χ3v) is 3.55. The summed E-state index contributed by atoms with van der Waals surface area (Å²) in [7, 11) is 0. The van der Waals surface area contributed by atoms with Crippen LogP contribution in [0.15, 0.2) is 30.3 Å². The molecule has 2 rings (SSSR count). The first-order valence-corrected chi connectivity index (χ1v) is 7.06. The van der Waals surface area contributed by atoms with Gasteiger partial charge in [0.25, 0.3) is 0 Å². The van der Waals surface area contributed by atoms with Gasteiger partial charge in [-0.1, -0.05) is 43.2 Å². The largest absolute Gasteiger partial charge is 0.378 e. The molecule has 1 unspecified atom stereocenters. The lowest BCUT2D eigenvalue weighted by Gasteiger charge is -2.08. The van der Waals surface area contributed by atoms with Gasteiger partial charge < -0.3 is 4.74 Å². The van der Waals surface area contributed by atoms with Crippen LogP contribution in [0.2, 0.25) is 0 Å². The average Bonchev–Trinajstić information content (AvgIpc) is 2.92. The van der Waals surface area contributed by atoms with E-state index in [1.54, 1.807) is 0 Å². The van der Waals surface area contributed by atoms with Crippen LogP contribution in [0.5, 0.6) is 0 Å². The zero-order valence-electron chi connectivity index (χ0n) is 10.9. The first-order chi connectivity index (χ1) is 8.86. The molecule has 0 amide bonds. The third kappa shape index (κ3) is 4.26. The average molecular weight is 246 g/mol. The van der Waals surface area contributed by atoms with Crippen molar-refractivity contribution in [1.82, 2.24) is 0 Å². The van der Waals surface area contributed by atoms with Crippen LogP contribution in [0.4, 0.5) is 0 Å². The minimum atomic E-state index is 0.271. The van der Waals surface area contributed by atoms with E-state index in [0.29, 0.717) is 12.5 Å². The fraction of sp³-hybridized carbons (Fsp3) is 0.562. The molecule has 1 aromatic carbocycles. The SMILES string of the molecule is O=C(CCCCCC1CCCO1)c1ccccc1. The molecule has 1 aliphatic heterocycles. The molecule has 98 valence electrons. The number of benzene rings is 1. The van der Waals surface area contributed by atoms with Crippen LogP contribution in [0.25, 0.3) is 0 Å². The zero-order chi connectivity index (χ0) is 12.6. The molecule has 0 radical (unpaired) electrons. The highest BCUT2D eigenvalue weighted by Gasteiger charge is 2.14. The number of ketones is 1. The van der Waals surface area contributed by atoms with Gasteiger partial charge in [0.05, 0.1) is 6.10 Å². The Hall–Kier alpha value is -1.15. The highest BCUT2D eigenvalue weighted by molar-refractivity contribution is 5.95. The van der Waals surface area contributed by atoms with E-state index < -0.39 is 0 Å². The van der Waals surface area contributed by atoms with Gasteiger partial charge in [-0.25, -0.2) is 0 Å². The molecule has 1 aliphatic rings. The highest BCUT2D eigenvalue weighted by atomic mass is 16.5. The lowest BCUT2D eigenvalue weighted by atomic mass is 10.0. The van der Waals surface area contributed by atoms with E-state index in [9.17, 15) is 4.79 Å². The Kier molecular flexibility index (Phi) is 5.40. The van der Waals surface area contributed by atoms with E-state index in [0.717, 1.165) is 25.0 Å². The maximum absolute atomic E-state index is 11.8. The van der Waals surface area contributed by atoms with Crippen molar-refractivity contribution >= 4 is 5.78 Å². The quantitative estimate of drug-likeness (QED) is 0.537. The Morgan fingerprint density at radius 1 is 1.17 bits per heavy atom. The van der Waals surface area contributed by atoms with Gasteiger partial charge in [-0.15, -0.1) is 0 Å². The molecule has 0 saturated carbocycles. The van der Waals surface area contributed by atoms with Gasteiger partial charge in [-0.2, -0.15) is 0 Å². The number of carbonyl (C=O) groups is 1. The van der Waals surface area contributed by atoms with Crippen molar-refractivity contribution < 1.29 is 9.53 Å². The molecular weight excluding hydrogens is 224 g/mol. The van der Waals surface area contributed by atoms with Gasteiger partial charge in [0.15, 0.2) is 5.78 Å². The summed E-state index contributed by atoms with van der Waals surface area (Å²) in [4.78, 5) is 11.8. The summed E-state index contributed by atoms with van der Waals surface area (Å²) in [5.74, 6) is 0.271. The molecule has 0 aliphatic carbocycles. The summed E-state index contributed by atoms with van der Waals surface area (Å²) in [6.45, 7) is 0.942. The van der Waals surface area contributed by atoms with Crippen LogP contribution >= 0.6 is 0 Å². The van der Waals surface area contributed by atoms with Gasteiger partial charge in [0.2, 0.25) is 0 Å². The van der Waals surface area contributed by atoms with Gasteiger partial charge in [0, 0.05) is 18.6 Å². The first-order valence-electron chi connectivity index (χ1n) is 7.06. The second kappa shape index (κ2) is 7.32. The molecule has 18 heavy (non-hydrogen) atoms. The first kappa shape index (κ1) is 13.3. The molecule has 0 aromatic heterocycles. The Labute approximate surface area is 109 Å². The monoisotopic (exact) mass is 246 g/mol. The second-order valence-electron chi connectivity index (χ2n) is 5.02. The fourth-order valence-corrected chi connectivity index (χ4v) is 2.47. The molecule has 1 fully saturated rings. The highest BCUT2D eigenvalue weighted by Crippen LogP contribution is 2.18. The van der Waals surface area contributed by atoms with E-state index in [2.05, 4.69) is 0 Å². The number of hydrogen-bond acceptors (Lipinski definition) is 2. The summed E-state index contributed by atoms with van der Waals surface area (Å²) in [6.07, 6.45) is 8.11. The second-order valence-corrected chi connectivity index (χ2v) is 5.02. The minimum Gasteiger partial charge on any atom is -0.378 e. The molecule has 2 nitrogen and oxygen atoms in total. The Bertz CT molecular complexity index is 353. The summed E-state index contributed by atoms with van der Waals surface area (Å²) in [6, 6.07) is 9.58. The Balaban J connectivity index is 1.56. The minimum absolute atomic E-state index is 0.271. The normalized spacial score (nSPS) is 19.0. The number of Topliss-reactive ketones (excluding diaryl/α,β-unsaturated/α-hetero) is 1. The van der Waals surface area contributed by atoms with E-state index in [4.69, 9.17) is 4.74 Å². The predicted octanol–water partition coefficient (Wildman–Crippen LogP) is 4.00. The van der Waals surface area contributed by atoms with Crippen molar-refractivity contribution in [2.75, 3.05) is 6.61 Å². The lowest BCUT2D eigenvalue weighted by molar-refractivity contribution is 0.0971. The Morgan fingerprint density at radius 3 is 2.72 bits per heavy atom. The van der Waals surface area contributed by atoms with Gasteiger partial charge in [-0.3, -0.25) is 4.79 Å². The summed E-state index contributed by atoms with van der Waals surface area (Å²) < 4.78 is 5.58. The number of unbranched alkanes of at least 4 members (excludes halogenated alkanes) is 2. The van der Waals surface area contributed by atoms with Crippen molar-refractivity contribution in [3.63, 3.8) is 0 Å². The van der Waals surface area contributed by atoms with E-state index >= 15 is 0 Å². The molecule has 0 N–H and O–H groups in total.